The van der Waals surface area contributed by atoms with Crippen LogP contribution in [0.4, 0.5) is 0 Å². The van der Waals surface area contributed by atoms with Gasteiger partial charge in [-0.3, -0.25) is 13.8 Å². The number of aliphatic hydroxyl groups excluding tert-OH is 1. The summed E-state index contributed by atoms with van der Waals surface area (Å²) in [6.07, 6.45) is 97.0. The number of nitrogens with one attached hydrogen (secondary N) is 1. The number of likely N-dealkylation sites (N-methyl/N-ethyl adjacent to an activating group) is 1. The Kier molecular flexibility index (Phi) is 64.8. The van der Waals surface area contributed by atoms with Crippen LogP contribution < -0.4 is 5.32 Å². The third-order valence-electron chi connectivity index (χ3n) is 16.3. The van der Waals surface area contributed by atoms with Crippen LogP contribution in [0.1, 0.15) is 335 Å². The van der Waals surface area contributed by atoms with E-state index in [2.05, 4.69) is 104 Å². The summed E-state index contributed by atoms with van der Waals surface area (Å²) in [5.41, 5.74) is 0. The third kappa shape index (κ3) is 68.9. The fourth-order valence-electron chi connectivity index (χ4n) is 10.7. The maximum absolute atomic E-state index is 13.1. The molecule has 8 nitrogen and oxygen atoms in total. The number of phosphoric acid groups is 1. The normalized spacial score (nSPS) is 14.2. The Morgan fingerprint density at radius 3 is 1.02 bits per heavy atom. The number of nitrogens with zero attached hydrogens (tertiary/aromatic N) is 1. The minimum absolute atomic E-state index is 0.0602. The zero-order valence-corrected chi connectivity index (χ0v) is 58.2. The van der Waals surface area contributed by atoms with Crippen LogP contribution in [0.5, 0.6) is 0 Å². The van der Waals surface area contributed by atoms with Gasteiger partial charge in [-0.25, -0.2) is 4.57 Å². The number of allylic oxidation sites excluding steroid dienone is 15. The molecule has 0 heterocycles. The Morgan fingerprint density at radius 2 is 0.698 bits per heavy atom. The second-order valence-corrected chi connectivity index (χ2v) is 27.4. The number of carbonyl (C=O) groups is 1. The summed E-state index contributed by atoms with van der Waals surface area (Å²) < 4.78 is 23.8. The average Bonchev–Trinajstić information content (AvgIpc) is 3.70. The Balaban J connectivity index is 4.02. The van der Waals surface area contributed by atoms with Crippen LogP contribution in [0.2, 0.25) is 0 Å². The summed E-state index contributed by atoms with van der Waals surface area (Å²) in [7, 11) is 1.58. The van der Waals surface area contributed by atoms with E-state index in [4.69, 9.17) is 9.05 Å². The zero-order valence-electron chi connectivity index (χ0n) is 57.3. The number of carbonyl (C=O) groups excluding carboxylic acids is 1. The highest BCUT2D eigenvalue weighted by atomic mass is 31.2. The highest BCUT2D eigenvalue weighted by molar-refractivity contribution is 7.47. The molecule has 0 aliphatic rings. The van der Waals surface area contributed by atoms with Gasteiger partial charge in [0.2, 0.25) is 5.91 Å². The highest BCUT2D eigenvalue weighted by Crippen LogP contribution is 2.43. The fourth-order valence-corrected chi connectivity index (χ4v) is 11.4. The number of phosphoric ester groups is 1. The van der Waals surface area contributed by atoms with Crippen molar-refractivity contribution in [2.24, 2.45) is 0 Å². The number of hydrogen-bond donors (Lipinski definition) is 3. The Labute approximate surface area is 534 Å². The van der Waals surface area contributed by atoms with Gasteiger partial charge in [0, 0.05) is 6.42 Å². The number of aliphatic hydroxyl groups is 1. The molecule has 0 fully saturated rings. The van der Waals surface area contributed by atoms with Crippen molar-refractivity contribution in [2.45, 2.75) is 347 Å². The first-order valence-electron chi connectivity index (χ1n) is 36.6. The van der Waals surface area contributed by atoms with Gasteiger partial charge in [-0.1, -0.05) is 349 Å². The Bertz CT molecular complexity index is 1730. The van der Waals surface area contributed by atoms with Crippen molar-refractivity contribution in [1.82, 2.24) is 5.32 Å². The smallest absolute Gasteiger partial charge is 0.387 e. The molecular weight excluding hydrogens is 1080 g/mol. The van der Waals surface area contributed by atoms with Crippen LogP contribution in [-0.2, 0) is 18.4 Å². The highest BCUT2D eigenvalue weighted by Gasteiger charge is 2.28. The summed E-state index contributed by atoms with van der Waals surface area (Å²) in [6, 6.07) is -0.852. The molecule has 3 atom stereocenters. The van der Waals surface area contributed by atoms with Gasteiger partial charge in [-0.15, -0.1) is 0 Å². The standard InChI is InChI=1S/C77H141N2O6P/c1-6-8-10-12-14-16-18-20-22-24-26-28-30-32-33-34-35-36-37-38-39-40-41-42-43-44-45-47-49-51-53-55-57-59-61-63-65-67-69-71-77(81)78-75(74-85-86(82,83)84-73-72-79(3,4)5)76(80)70-68-66-64-62-60-58-56-54-52-50-48-46-31-29-27-25-23-21-19-17-15-13-11-9-7-2/h8,10,14,16,20,22,26,28,32-33,35-36,38-39,68,70,75-76,80H,6-7,9,11-13,15,17-19,21,23-25,27,29-31,34,37,40-67,69,71-74H2,1-5H3,(H-,78,81,82,83)/p+1/b10-8-,16-14-,22-20-,28-26-,33-32-,36-35-,39-38-,70-68+. The van der Waals surface area contributed by atoms with Crippen molar-refractivity contribution in [2.75, 3.05) is 40.9 Å². The minimum atomic E-state index is -4.36. The molecule has 0 bridgehead atoms. The number of rotatable bonds is 67. The average molecular weight is 1220 g/mol. The van der Waals surface area contributed by atoms with Crippen molar-refractivity contribution >= 4 is 13.7 Å². The first kappa shape index (κ1) is 83.4. The second-order valence-electron chi connectivity index (χ2n) is 25.9. The predicted molar refractivity (Wildman–Crippen MR) is 378 cm³/mol. The molecule has 0 spiro atoms. The van der Waals surface area contributed by atoms with Gasteiger partial charge in [-0.2, -0.15) is 0 Å². The lowest BCUT2D eigenvalue weighted by molar-refractivity contribution is -0.870. The summed E-state index contributed by atoms with van der Waals surface area (Å²) >= 11 is 0. The van der Waals surface area contributed by atoms with Gasteiger partial charge >= 0.3 is 7.82 Å². The van der Waals surface area contributed by atoms with Crippen molar-refractivity contribution < 1.29 is 32.9 Å². The summed E-state index contributed by atoms with van der Waals surface area (Å²) in [5.74, 6) is -0.174. The van der Waals surface area contributed by atoms with Crippen LogP contribution in [-0.4, -0.2) is 73.4 Å². The summed E-state index contributed by atoms with van der Waals surface area (Å²) in [4.78, 5) is 23.4. The third-order valence-corrected chi connectivity index (χ3v) is 17.3. The first-order valence-corrected chi connectivity index (χ1v) is 38.1. The lowest BCUT2D eigenvalue weighted by Crippen LogP contribution is -2.45. The molecule has 0 aromatic rings. The molecule has 0 saturated heterocycles. The van der Waals surface area contributed by atoms with Crippen LogP contribution in [0, 0.1) is 0 Å². The quantitative estimate of drug-likeness (QED) is 0.0243. The predicted octanol–water partition coefficient (Wildman–Crippen LogP) is 23.7. The molecule has 0 rings (SSSR count). The van der Waals surface area contributed by atoms with Crippen LogP contribution in [0.25, 0.3) is 0 Å². The molecule has 0 aliphatic heterocycles. The molecular formula is C77H142N2O6P+. The van der Waals surface area contributed by atoms with E-state index in [9.17, 15) is 19.4 Å². The van der Waals surface area contributed by atoms with E-state index in [-0.39, 0.29) is 19.1 Å². The van der Waals surface area contributed by atoms with Crippen molar-refractivity contribution in [3.63, 3.8) is 0 Å². The van der Waals surface area contributed by atoms with E-state index < -0.39 is 20.0 Å². The fraction of sp³-hybridized carbons (Fsp3) is 0.779. The van der Waals surface area contributed by atoms with Gasteiger partial charge in [0.25, 0.3) is 0 Å². The Hall–Kier alpha value is -2.58. The Morgan fingerprint density at radius 1 is 0.407 bits per heavy atom. The number of quaternary nitrogens is 1. The monoisotopic (exact) mass is 1220 g/mol. The van der Waals surface area contributed by atoms with Crippen molar-refractivity contribution in [3.8, 4) is 0 Å². The van der Waals surface area contributed by atoms with E-state index >= 15 is 0 Å². The van der Waals surface area contributed by atoms with E-state index in [1.807, 2.05) is 27.2 Å². The van der Waals surface area contributed by atoms with Gasteiger partial charge in [0.05, 0.1) is 39.9 Å². The molecule has 0 radical (unpaired) electrons. The maximum atomic E-state index is 13.1. The first-order chi connectivity index (χ1) is 42.0. The van der Waals surface area contributed by atoms with E-state index in [1.54, 1.807) is 6.08 Å². The molecule has 500 valence electrons. The molecule has 0 aliphatic carbocycles. The number of hydrogen-bond acceptors (Lipinski definition) is 5. The van der Waals surface area contributed by atoms with Gasteiger partial charge in [0.15, 0.2) is 0 Å². The van der Waals surface area contributed by atoms with Gasteiger partial charge < -0.3 is 19.8 Å². The molecule has 0 aromatic heterocycles. The van der Waals surface area contributed by atoms with Gasteiger partial charge in [-0.05, 0) is 77.0 Å². The second kappa shape index (κ2) is 66.8. The van der Waals surface area contributed by atoms with E-state index in [1.165, 1.54) is 231 Å². The van der Waals surface area contributed by atoms with E-state index in [0.29, 0.717) is 17.4 Å². The summed E-state index contributed by atoms with van der Waals surface area (Å²) in [6.45, 7) is 4.74. The summed E-state index contributed by atoms with van der Waals surface area (Å²) in [5, 5.41) is 14.0. The van der Waals surface area contributed by atoms with Crippen molar-refractivity contribution in [3.05, 3.63) is 97.2 Å². The maximum Gasteiger partial charge on any atom is 0.472 e. The van der Waals surface area contributed by atoms with Crippen molar-refractivity contribution in [1.29, 1.82) is 0 Å². The topological polar surface area (TPSA) is 105 Å². The molecule has 0 saturated carbocycles. The molecule has 1 amide bonds. The molecule has 3 unspecified atom stereocenters. The molecule has 0 aromatic carbocycles. The number of amides is 1. The molecule has 86 heavy (non-hydrogen) atoms. The van der Waals surface area contributed by atoms with Crippen LogP contribution >= 0.6 is 7.82 Å². The van der Waals surface area contributed by atoms with Crippen LogP contribution in [0.15, 0.2) is 97.2 Å². The minimum Gasteiger partial charge on any atom is -0.387 e. The number of unbranched alkanes of at least 4 members (excludes halogenated alkanes) is 40. The molecule has 3 N–H and O–H groups in total. The zero-order chi connectivity index (χ0) is 62.6. The molecule has 9 heteroatoms. The van der Waals surface area contributed by atoms with Gasteiger partial charge in [0.1, 0.15) is 13.2 Å². The SMILES string of the molecule is CC/C=C\C/C=C\C/C=C\C/C=C\C/C=C\C/C=C\C/C=C\CCCCCCCCCCCCCCCCCCCC(=O)NC(COP(=O)(O)OCC[N+](C)(C)C)C(O)/C=C/CCCCCCCCCCCCCCCCCCCCCCCCC. The largest absolute Gasteiger partial charge is 0.472 e. The lowest BCUT2D eigenvalue weighted by atomic mass is 10.0. The van der Waals surface area contributed by atoms with Crippen LogP contribution in [0.3, 0.4) is 0 Å². The lowest BCUT2D eigenvalue weighted by Gasteiger charge is -2.25. The van der Waals surface area contributed by atoms with E-state index in [0.717, 1.165) is 83.5 Å².